The van der Waals surface area contributed by atoms with E-state index in [1.807, 2.05) is 43.3 Å². The summed E-state index contributed by atoms with van der Waals surface area (Å²) in [4.78, 5) is 15.7. The molecule has 0 amide bonds. The van der Waals surface area contributed by atoms with Crippen LogP contribution in [0, 0.1) is 6.92 Å². The van der Waals surface area contributed by atoms with Crippen molar-refractivity contribution in [3.8, 4) is 28.4 Å². The summed E-state index contributed by atoms with van der Waals surface area (Å²) < 4.78 is 12.5. The average Bonchev–Trinajstić information content (AvgIpc) is 3.49. The number of ether oxygens (including phenoxy) is 2. The van der Waals surface area contributed by atoms with Crippen molar-refractivity contribution < 1.29 is 14.6 Å². The molecule has 5 rings (SSSR count). The number of aromatic nitrogens is 2. The summed E-state index contributed by atoms with van der Waals surface area (Å²) in [5.41, 5.74) is 6.19. The fraction of sp³-hybridized carbons (Fsp3) is 0.385. The third-order valence-electron chi connectivity index (χ3n) is 6.73. The highest BCUT2D eigenvalue weighted by atomic mass is 16.5. The van der Waals surface area contributed by atoms with Crippen molar-refractivity contribution in [1.29, 1.82) is 0 Å². The van der Waals surface area contributed by atoms with Crippen LogP contribution in [0.1, 0.15) is 29.5 Å². The predicted molar refractivity (Wildman–Crippen MR) is 128 cm³/mol. The Kier molecular flexibility index (Phi) is 5.58. The van der Waals surface area contributed by atoms with Crippen molar-refractivity contribution in [2.24, 2.45) is 0 Å². The summed E-state index contributed by atoms with van der Waals surface area (Å²) in [6.45, 7) is 3.39. The van der Waals surface area contributed by atoms with Crippen LogP contribution >= 0.6 is 0 Å². The highest BCUT2D eigenvalue weighted by Crippen LogP contribution is 2.34. The van der Waals surface area contributed by atoms with Gasteiger partial charge in [0.1, 0.15) is 11.5 Å². The molecule has 0 radical (unpaired) electrons. The van der Waals surface area contributed by atoms with E-state index in [1.54, 1.807) is 18.9 Å². The van der Waals surface area contributed by atoms with Crippen LogP contribution in [0.2, 0.25) is 0 Å². The van der Waals surface area contributed by atoms with Gasteiger partial charge in [0.15, 0.2) is 0 Å². The SMILES string of the molecule is COc1cc(OC)cc(-c2nn(-c3cc(N4CCC(O)C4)ccc3C)c(=O)c3c2CCC3)c1. The molecule has 172 valence electrons. The average molecular weight is 448 g/mol. The van der Waals surface area contributed by atoms with Gasteiger partial charge in [-0.1, -0.05) is 6.07 Å². The summed E-state index contributed by atoms with van der Waals surface area (Å²) in [6, 6.07) is 11.8. The Labute approximate surface area is 193 Å². The smallest absolute Gasteiger partial charge is 0.275 e. The third-order valence-corrected chi connectivity index (χ3v) is 6.73. The quantitative estimate of drug-likeness (QED) is 0.647. The van der Waals surface area contributed by atoms with Crippen LogP contribution in [0.4, 0.5) is 5.69 Å². The van der Waals surface area contributed by atoms with Crippen LogP contribution in [-0.2, 0) is 12.8 Å². The summed E-state index contributed by atoms with van der Waals surface area (Å²) in [7, 11) is 3.25. The van der Waals surface area contributed by atoms with Gasteiger partial charge in [0.2, 0.25) is 0 Å². The number of hydrogen-bond acceptors (Lipinski definition) is 6. The zero-order valence-corrected chi connectivity index (χ0v) is 19.3. The number of anilines is 1. The van der Waals surface area contributed by atoms with Gasteiger partial charge in [-0.25, -0.2) is 0 Å². The first kappa shape index (κ1) is 21.5. The Morgan fingerprint density at radius 2 is 1.76 bits per heavy atom. The molecule has 1 N–H and O–H groups in total. The van der Waals surface area contributed by atoms with Crippen LogP contribution in [0.25, 0.3) is 16.9 Å². The molecule has 0 bridgehead atoms. The van der Waals surface area contributed by atoms with E-state index in [4.69, 9.17) is 14.6 Å². The van der Waals surface area contributed by atoms with E-state index in [-0.39, 0.29) is 11.7 Å². The number of fused-ring (bicyclic) bond motifs is 1. The highest BCUT2D eigenvalue weighted by molar-refractivity contribution is 5.69. The molecule has 7 nitrogen and oxygen atoms in total. The second kappa shape index (κ2) is 8.56. The van der Waals surface area contributed by atoms with Crippen LogP contribution in [0.15, 0.2) is 41.2 Å². The monoisotopic (exact) mass is 447 g/mol. The van der Waals surface area contributed by atoms with E-state index in [0.29, 0.717) is 18.0 Å². The maximum atomic E-state index is 13.5. The Bertz CT molecular complexity index is 1240. The second-order valence-corrected chi connectivity index (χ2v) is 8.84. The van der Waals surface area contributed by atoms with Crippen LogP contribution < -0.4 is 19.9 Å². The van der Waals surface area contributed by atoms with Gasteiger partial charge < -0.3 is 19.5 Å². The van der Waals surface area contributed by atoms with E-state index in [0.717, 1.165) is 71.6 Å². The number of methoxy groups -OCH3 is 2. The first-order valence-electron chi connectivity index (χ1n) is 11.4. The first-order valence-corrected chi connectivity index (χ1v) is 11.4. The molecule has 1 unspecified atom stereocenters. The van der Waals surface area contributed by atoms with Gasteiger partial charge in [-0.3, -0.25) is 4.79 Å². The van der Waals surface area contributed by atoms with Gasteiger partial charge in [-0.2, -0.15) is 9.78 Å². The molecule has 1 fully saturated rings. The predicted octanol–water partition coefficient (Wildman–Crippen LogP) is 3.28. The lowest BCUT2D eigenvalue weighted by molar-refractivity contribution is 0.198. The number of hydrogen-bond donors (Lipinski definition) is 1. The van der Waals surface area contributed by atoms with Gasteiger partial charge >= 0.3 is 0 Å². The van der Waals surface area contributed by atoms with Crippen LogP contribution in [0.3, 0.4) is 0 Å². The molecule has 7 heteroatoms. The molecular weight excluding hydrogens is 418 g/mol. The molecule has 1 aromatic heterocycles. The molecule has 1 atom stereocenters. The minimum Gasteiger partial charge on any atom is -0.497 e. The van der Waals surface area contributed by atoms with Gasteiger partial charge in [0.05, 0.1) is 31.7 Å². The number of aliphatic hydroxyl groups is 1. The highest BCUT2D eigenvalue weighted by Gasteiger charge is 2.25. The molecule has 0 saturated carbocycles. The van der Waals surface area contributed by atoms with E-state index >= 15 is 0 Å². The van der Waals surface area contributed by atoms with E-state index in [9.17, 15) is 9.90 Å². The van der Waals surface area contributed by atoms with Gasteiger partial charge in [-0.15, -0.1) is 0 Å². The van der Waals surface area contributed by atoms with Crippen LogP contribution in [-0.4, -0.2) is 48.3 Å². The number of benzene rings is 2. The van der Waals surface area contributed by atoms with E-state index < -0.39 is 0 Å². The number of β-amino-alcohol motifs (C(OH)–C–C–N with tert-alkyl or cyclic N) is 1. The lowest BCUT2D eigenvalue weighted by atomic mass is 10.0. The van der Waals surface area contributed by atoms with Crippen molar-refractivity contribution in [2.75, 3.05) is 32.2 Å². The molecule has 3 aromatic rings. The van der Waals surface area contributed by atoms with Crippen molar-refractivity contribution in [3.63, 3.8) is 0 Å². The molecule has 1 aliphatic heterocycles. The van der Waals surface area contributed by atoms with E-state index in [1.165, 1.54) is 0 Å². The van der Waals surface area contributed by atoms with Crippen molar-refractivity contribution >= 4 is 5.69 Å². The molecule has 1 saturated heterocycles. The Morgan fingerprint density at radius 3 is 2.42 bits per heavy atom. The summed E-state index contributed by atoms with van der Waals surface area (Å²) in [5.74, 6) is 1.36. The largest absolute Gasteiger partial charge is 0.497 e. The molecular formula is C26H29N3O4. The lowest BCUT2D eigenvalue weighted by Crippen LogP contribution is -2.27. The molecule has 2 aromatic carbocycles. The Balaban J connectivity index is 1.69. The zero-order chi connectivity index (χ0) is 23.1. The third kappa shape index (κ3) is 3.86. The van der Waals surface area contributed by atoms with Crippen molar-refractivity contribution in [1.82, 2.24) is 9.78 Å². The summed E-state index contributed by atoms with van der Waals surface area (Å²) in [6.07, 6.45) is 2.96. The Morgan fingerprint density at radius 1 is 1.03 bits per heavy atom. The maximum absolute atomic E-state index is 13.5. The van der Waals surface area contributed by atoms with Crippen LogP contribution in [0.5, 0.6) is 11.5 Å². The van der Waals surface area contributed by atoms with Crippen molar-refractivity contribution in [2.45, 2.75) is 38.7 Å². The van der Waals surface area contributed by atoms with Crippen molar-refractivity contribution in [3.05, 3.63) is 63.4 Å². The van der Waals surface area contributed by atoms with Gasteiger partial charge in [0.25, 0.3) is 5.56 Å². The first-order chi connectivity index (χ1) is 16.0. The summed E-state index contributed by atoms with van der Waals surface area (Å²) >= 11 is 0. The minimum atomic E-state index is -0.315. The fourth-order valence-corrected chi connectivity index (χ4v) is 4.91. The zero-order valence-electron chi connectivity index (χ0n) is 19.3. The normalized spacial score (nSPS) is 17.3. The van der Waals surface area contributed by atoms with Gasteiger partial charge in [0, 0.05) is 36.0 Å². The molecule has 2 aliphatic rings. The number of aliphatic hydroxyl groups excluding tert-OH is 1. The molecule has 2 heterocycles. The minimum absolute atomic E-state index is 0.0529. The fourth-order valence-electron chi connectivity index (χ4n) is 4.91. The molecule has 33 heavy (non-hydrogen) atoms. The standard InChI is InChI=1S/C26H29N3O4/c1-16-7-8-18(28-10-9-19(30)15-28)13-24(16)29-26(31)23-6-4-5-22(23)25(27-29)17-11-20(32-2)14-21(12-17)33-3/h7-8,11-14,19,30H,4-6,9-10,15H2,1-3H3. The topological polar surface area (TPSA) is 76.8 Å². The molecule has 1 aliphatic carbocycles. The van der Waals surface area contributed by atoms with Gasteiger partial charge in [-0.05, 0) is 68.0 Å². The second-order valence-electron chi connectivity index (χ2n) is 8.84. The number of nitrogens with zero attached hydrogens (tertiary/aromatic N) is 3. The number of aryl methyl sites for hydroxylation is 1. The summed E-state index contributed by atoms with van der Waals surface area (Å²) in [5, 5.41) is 14.9. The maximum Gasteiger partial charge on any atom is 0.275 e. The number of rotatable bonds is 5. The Hall–Kier alpha value is -3.32. The van der Waals surface area contributed by atoms with E-state index in [2.05, 4.69) is 4.90 Å². The lowest BCUT2D eigenvalue weighted by Gasteiger charge is -2.21. The molecule has 0 spiro atoms.